The minimum Gasteiger partial charge on any atom is -0.386 e. The van der Waals surface area contributed by atoms with Gasteiger partial charge < -0.3 is 5.11 Å². The first-order valence-electron chi connectivity index (χ1n) is 2.08. The highest BCUT2D eigenvalue weighted by Crippen LogP contribution is 2.10. The molecule has 0 aromatic carbocycles. The van der Waals surface area contributed by atoms with Gasteiger partial charge in [-0.1, -0.05) is 0 Å². The minimum absolute atomic E-state index is 0.560. The number of hydrogen-bond donors (Lipinski definition) is 1. The predicted molar refractivity (Wildman–Crippen MR) is 30.2 cm³/mol. The summed E-state index contributed by atoms with van der Waals surface area (Å²) in [5, 5.41) is 16.4. The maximum Gasteiger partial charge on any atom is 0.145 e. The van der Waals surface area contributed by atoms with Gasteiger partial charge in [-0.3, -0.25) is 0 Å². The Labute approximate surface area is 51.0 Å². The molecule has 1 atom stereocenters. The monoisotopic (exact) mass is 129 g/mol. The van der Waals surface area contributed by atoms with Crippen LogP contribution in [-0.4, -0.2) is 15.3 Å². The summed E-state index contributed by atoms with van der Waals surface area (Å²) in [6.07, 6.45) is -0.720. The molecule has 0 aliphatic carbocycles. The van der Waals surface area contributed by atoms with Crippen LogP contribution < -0.4 is 0 Å². The fraction of sp³-hybridized carbons (Fsp3) is 0.250. The largest absolute Gasteiger partial charge is 0.386 e. The van der Waals surface area contributed by atoms with E-state index in [0.29, 0.717) is 5.01 Å². The van der Waals surface area contributed by atoms with E-state index in [1.165, 1.54) is 11.3 Å². The third-order valence-corrected chi connectivity index (χ3v) is 1.46. The van der Waals surface area contributed by atoms with E-state index in [9.17, 15) is 0 Å². The van der Waals surface area contributed by atoms with Crippen LogP contribution in [-0.2, 0) is 0 Å². The maximum atomic E-state index is 8.71. The fourth-order valence-corrected chi connectivity index (χ4v) is 0.780. The van der Waals surface area contributed by atoms with Gasteiger partial charge in [0, 0.05) is 0 Å². The number of hydrogen-bond acceptors (Lipinski definition) is 4. The molecule has 0 saturated heterocycles. The van der Waals surface area contributed by atoms with Gasteiger partial charge in [-0.05, 0) is 6.92 Å². The lowest BCUT2D eigenvalue weighted by Crippen LogP contribution is -1.88. The SMILES string of the molecule is [CH2]C(O)c1nncs1. The smallest absolute Gasteiger partial charge is 0.145 e. The lowest BCUT2D eigenvalue weighted by molar-refractivity contribution is 0.224. The molecule has 1 heterocycles. The van der Waals surface area contributed by atoms with Crippen LogP contribution in [0.3, 0.4) is 0 Å². The van der Waals surface area contributed by atoms with Gasteiger partial charge in [-0.25, -0.2) is 0 Å². The molecule has 1 aromatic rings. The molecule has 1 radical (unpaired) electrons. The van der Waals surface area contributed by atoms with E-state index in [-0.39, 0.29) is 0 Å². The predicted octanol–water partition coefficient (Wildman–Crippen LogP) is 0.406. The Morgan fingerprint density at radius 1 is 1.88 bits per heavy atom. The molecular formula is C4H5N2OS. The second-order valence-electron chi connectivity index (χ2n) is 1.29. The topological polar surface area (TPSA) is 46.0 Å². The van der Waals surface area contributed by atoms with Crippen molar-refractivity contribution in [1.29, 1.82) is 0 Å². The van der Waals surface area contributed by atoms with Crippen LogP contribution in [0.5, 0.6) is 0 Å². The summed E-state index contributed by atoms with van der Waals surface area (Å²) in [6, 6.07) is 0. The Kier molecular flexibility index (Phi) is 1.55. The zero-order chi connectivity index (χ0) is 5.98. The quantitative estimate of drug-likeness (QED) is 0.597. The van der Waals surface area contributed by atoms with Crippen LogP contribution in [0.25, 0.3) is 0 Å². The lowest BCUT2D eigenvalue weighted by atomic mass is 10.4. The van der Waals surface area contributed by atoms with Gasteiger partial charge in [-0.15, -0.1) is 21.5 Å². The molecular weight excluding hydrogens is 124 g/mol. The molecule has 43 valence electrons. The van der Waals surface area contributed by atoms with E-state index in [1.807, 2.05) is 0 Å². The summed E-state index contributed by atoms with van der Waals surface area (Å²) < 4.78 is 0. The van der Waals surface area contributed by atoms with Gasteiger partial charge in [0.25, 0.3) is 0 Å². The molecule has 0 amide bonds. The third kappa shape index (κ3) is 1.02. The Balaban J connectivity index is 2.77. The fourth-order valence-electron chi connectivity index (χ4n) is 0.327. The minimum atomic E-state index is -0.720. The normalized spacial score (nSPS) is 13.8. The Morgan fingerprint density at radius 2 is 2.62 bits per heavy atom. The van der Waals surface area contributed by atoms with Gasteiger partial charge in [0.2, 0.25) is 0 Å². The number of aliphatic hydroxyl groups is 1. The summed E-state index contributed by atoms with van der Waals surface area (Å²) >= 11 is 1.30. The summed E-state index contributed by atoms with van der Waals surface area (Å²) in [6.45, 7) is 3.34. The van der Waals surface area contributed by atoms with Crippen molar-refractivity contribution in [3.8, 4) is 0 Å². The van der Waals surface area contributed by atoms with Gasteiger partial charge in [0.15, 0.2) is 0 Å². The molecule has 0 bridgehead atoms. The van der Waals surface area contributed by atoms with Crippen molar-refractivity contribution >= 4 is 11.3 Å². The van der Waals surface area contributed by atoms with Crippen molar-refractivity contribution in [3.05, 3.63) is 17.4 Å². The molecule has 1 aromatic heterocycles. The number of nitrogens with zero attached hydrogens (tertiary/aromatic N) is 2. The van der Waals surface area contributed by atoms with Crippen molar-refractivity contribution in [1.82, 2.24) is 10.2 Å². The summed E-state index contributed by atoms with van der Waals surface area (Å²) in [5.74, 6) is 0. The third-order valence-electron chi connectivity index (χ3n) is 0.662. The average molecular weight is 129 g/mol. The second kappa shape index (κ2) is 2.19. The Hall–Kier alpha value is -0.480. The molecule has 1 N–H and O–H groups in total. The van der Waals surface area contributed by atoms with Crippen molar-refractivity contribution < 1.29 is 5.11 Å². The molecule has 1 rings (SSSR count). The molecule has 0 aliphatic heterocycles. The molecule has 3 nitrogen and oxygen atoms in total. The van der Waals surface area contributed by atoms with Crippen molar-refractivity contribution in [2.75, 3.05) is 0 Å². The van der Waals surface area contributed by atoms with E-state index < -0.39 is 6.10 Å². The summed E-state index contributed by atoms with van der Waals surface area (Å²) in [7, 11) is 0. The van der Waals surface area contributed by atoms with Crippen LogP contribution in [0.15, 0.2) is 5.51 Å². The second-order valence-corrected chi connectivity index (χ2v) is 2.16. The Morgan fingerprint density at radius 3 is 2.88 bits per heavy atom. The van der Waals surface area contributed by atoms with E-state index in [2.05, 4.69) is 17.1 Å². The highest BCUT2D eigenvalue weighted by molar-refractivity contribution is 7.09. The van der Waals surface area contributed by atoms with Crippen LogP contribution in [0.2, 0.25) is 0 Å². The van der Waals surface area contributed by atoms with E-state index in [4.69, 9.17) is 5.11 Å². The lowest BCUT2D eigenvalue weighted by Gasteiger charge is -1.91. The van der Waals surface area contributed by atoms with Crippen LogP contribution in [0, 0.1) is 6.92 Å². The van der Waals surface area contributed by atoms with Crippen molar-refractivity contribution in [3.63, 3.8) is 0 Å². The first kappa shape index (κ1) is 5.65. The average Bonchev–Trinajstić information content (AvgIpc) is 2.12. The van der Waals surface area contributed by atoms with Gasteiger partial charge in [0.05, 0.1) is 0 Å². The molecule has 8 heavy (non-hydrogen) atoms. The molecule has 0 aliphatic rings. The molecule has 0 spiro atoms. The first-order valence-corrected chi connectivity index (χ1v) is 2.96. The van der Waals surface area contributed by atoms with E-state index in [1.54, 1.807) is 5.51 Å². The highest BCUT2D eigenvalue weighted by Gasteiger charge is 2.01. The van der Waals surface area contributed by atoms with Gasteiger partial charge >= 0.3 is 0 Å². The van der Waals surface area contributed by atoms with Gasteiger partial charge in [0.1, 0.15) is 16.6 Å². The maximum absolute atomic E-state index is 8.71. The number of rotatable bonds is 1. The van der Waals surface area contributed by atoms with Gasteiger partial charge in [-0.2, -0.15) is 0 Å². The van der Waals surface area contributed by atoms with E-state index >= 15 is 0 Å². The van der Waals surface area contributed by atoms with Crippen molar-refractivity contribution in [2.24, 2.45) is 0 Å². The molecule has 0 fully saturated rings. The van der Waals surface area contributed by atoms with Crippen LogP contribution in [0.4, 0.5) is 0 Å². The molecule has 4 heteroatoms. The number of aromatic nitrogens is 2. The highest BCUT2D eigenvalue weighted by atomic mass is 32.1. The number of aliphatic hydroxyl groups excluding tert-OH is 1. The Bertz CT molecular complexity index is 149. The zero-order valence-electron chi connectivity index (χ0n) is 4.11. The summed E-state index contributed by atoms with van der Waals surface area (Å²) in [4.78, 5) is 0. The van der Waals surface area contributed by atoms with Crippen LogP contribution >= 0.6 is 11.3 Å². The first-order chi connectivity index (χ1) is 3.80. The van der Waals surface area contributed by atoms with Crippen molar-refractivity contribution in [2.45, 2.75) is 6.10 Å². The molecule has 1 unspecified atom stereocenters. The van der Waals surface area contributed by atoms with Crippen LogP contribution in [0.1, 0.15) is 11.1 Å². The summed E-state index contributed by atoms with van der Waals surface area (Å²) in [5.41, 5.74) is 1.56. The standard InChI is InChI=1S/C4H5N2OS/c1-3(7)4-6-5-2-8-4/h2-3,7H,1H2. The zero-order valence-corrected chi connectivity index (χ0v) is 4.93. The van der Waals surface area contributed by atoms with E-state index in [0.717, 1.165) is 0 Å². The molecule has 0 saturated carbocycles.